The van der Waals surface area contributed by atoms with Gasteiger partial charge in [-0.15, -0.1) is 0 Å². The standard InChI is InChI=1S/C23H22N6O/c1-14-3-4-16(12-20(14)24)21-13-22(29-23(25)28-21)27-17-5-7-18(8-6-17)30-19-9-10-26-15(2)11-19/h3-13H,24H2,1-2H3,(H3,25,27,28,29). The van der Waals surface area contributed by atoms with Crippen molar-refractivity contribution in [3.05, 3.63) is 78.1 Å². The van der Waals surface area contributed by atoms with E-state index in [1.165, 1.54) is 0 Å². The van der Waals surface area contributed by atoms with E-state index in [-0.39, 0.29) is 5.95 Å². The van der Waals surface area contributed by atoms with Gasteiger partial charge in [0.05, 0.1) is 5.69 Å². The SMILES string of the molecule is Cc1cc(Oc2ccc(Nc3cc(-c4ccc(C)c(N)c4)nc(N)n3)cc2)ccn1. The molecule has 7 nitrogen and oxygen atoms in total. The Kier molecular flexibility index (Phi) is 5.17. The predicted molar refractivity (Wildman–Crippen MR) is 120 cm³/mol. The minimum absolute atomic E-state index is 0.183. The monoisotopic (exact) mass is 398 g/mol. The smallest absolute Gasteiger partial charge is 0.222 e. The van der Waals surface area contributed by atoms with E-state index in [4.69, 9.17) is 16.2 Å². The second-order valence-corrected chi connectivity index (χ2v) is 6.95. The number of rotatable bonds is 5. The van der Waals surface area contributed by atoms with Crippen LogP contribution in [0.1, 0.15) is 11.3 Å². The van der Waals surface area contributed by atoms with Crippen molar-refractivity contribution in [3.63, 3.8) is 0 Å². The lowest BCUT2D eigenvalue weighted by molar-refractivity contribution is 0.481. The summed E-state index contributed by atoms with van der Waals surface area (Å²) in [6, 6.07) is 18.9. The largest absolute Gasteiger partial charge is 0.457 e. The minimum Gasteiger partial charge on any atom is -0.457 e. The summed E-state index contributed by atoms with van der Waals surface area (Å²) in [4.78, 5) is 12.8. The van der Waals surface area contributed by atoms with Gasteiger partial charge in [-0.2, -0.15) is 4.98 Å². The van der Waals surface area contributed by atoms with Crippen LogP contribution in [0, 0.1) is 13.8 Å². The number of nitrogens with one attached hydrogen (secondary N) is 1. The van der Waals surface area contributed by atoms with Crippen molar-refractivity contribution < 1.29 is 4.74 Å². The van der Waals surface area contributed by atoms with Gasteiger partial charge in [-0.1, -0.05) is 12.1 Å². The fourth-order valence-corrected chi connectivity index (χ4v) is 2.95. The molecular formula is C23H22N6O. The van der Waals surface area contributed by atoms with Gasteiger partial charge in [0.15, 0.2) is 0 Å². The molecule has 150 valence electrons. The summed E-state index contributed by atoms with van der Waals surface area (Å²) in [6.07, 6.45) is 1.72. The van der Waals surface area contributed by atoms with Crippen LogP contribution in [-0.4, -0.2) is 15.0 Å². The third-order valence-corrected chi connectivity index (χ3v) is 4.55. The molecule has 0 radical (unpaired) electrons. The summed E-state index contributed by atoms with van der Waals surface area (Å²) in [7, 11) is 0. The van der Waals surface area contributed by atoms with Crippen LogP contribution in [0.25, 0.3) is 11.3 Å². The van der Waals surface area contributed by atoms with Gasteiger partial charge in [0.25, 0.3) is 0 Å². The zero-order valence-corrected chi connectivity index (χ0v) is 16.8. The van der Waals surface area contributed by atoms with Crippen molar-refractivity contribution in [2.75, 3.05) is 16.8 Å². The zero-order valence-electron chi connectivity index (χ0n) is 16.8. The van der Waals surface area contributed by atoms with Crippen LogP contribution in [0.15, 0.2) is 66.9 Å². The molecule has 0 amide bonds. The van der Waals surface area contributed by atoms with Crippen molar-refractivity contribution in [2.24, 2.45) is 0 Å². The molecule has 2 aromatic heterocycles. The van der Waals surface area contributed by atoms with Crippen molar-refractivity contribution in [2.45, 2.75) is 13.8 Å². The normalized spacial score (nSPS) is 10.6. The van der Waals surface area contributed by atoms with Gasteiger partial charge in [0.1, 0.15) is 17.3 Å². The Hall–Kier alpha value is -4.13. The molecule has 0 unspecified atom stereocenters. The highest BCUT2D eigenvalue weighted by Crippen LogP contribution is 2.27. The second-order valence-electron chi connectivity index (χ2n) is 6.95. The van der Waals surface area contributed by atoms with Gasteiger partial charge in [-0.05, 0) is 55.8 Å². The molecule has 2 aromatic carbocycles. The first-order valence-electron chi connectivity index (χ1n) is 9.45. The number of hydrogen-bond acceptors (Lipinski definition) is 7. The fourth-order valence-electron chi connectivity index (χ4n) is 2.95. The molecule has 30 heavy (non-hydrogen) atoms. The summed E-state index contributed by atoms with van der Waals surface area (Å²) >= 11 is 0. The Morgan fingerprint density at radius 3 is 2.37 bits per heavy atom. The quantitative estimate of drug-likeness (QED) is 0.412. The first-order valence-corrected chi connectivity index (χ1v) is 9.45. The molecule has 0 atom stereocenters. The lowest BCUT2D eigenvalue weighted by Crippen LogP contribution is -2.02. The number of ether oxygens (including phenoxy) is 1. The minimum atomic E-state index is 0.183. The van der Waals surface area contributed by atoms with E-state index in [0.29, 0.717) is 17.2 Å². The number of hydrogen-bond donors (Lipinski definition) is 3. The van der Waals surface area contributed by atoms with Crippen molar-refractivity contribution >= 4 is 23.1 Å². The molecule has 0 saturated heterocycles. The Balaban J connectivity index is 1.52. The van der Waals surface area contributed by atoms with Crippen molar-refractivity contribution in [1.29, 1.82) is 0 Å². The van der Waals surface area contributed by atoms with Crippen LogP contribution in [0.4, 0.5) is 23.1 Å². The van der Waals surface area contributed by atoms with Gasteiger partial charge in [0.2, 0.25) is 5.95 Å². The highest BCUT2D eigenvalue weighted by Gasteiger charge is 2.07. The Bertz CT molecular complexity index is 1190. The van der Waals surface area contributed by atoms with Crippen LogP contribution >= 0.6 is 0 Å². The van der Waals surface area contributed by atoms with E-state index in [1.807, 2.05) is 74.5 Å². The van der Waals surface area contributed by atoms with Gasteiger partial charge in [0, 0.05) is 41.0 Å². The first kappa shape index (κ1) is 19.2. The Morgan fingerprint density at radius 2 is 1.63 bits per heavy atom. The number of nitrogens with two attached hydrogens (primary N) is 2. The van der Waals surface area contributed by atoms with Crippen LogP contribution in [0.3, 0.4) is 0 Å². The number of pyridine rings is 1. The van der Waals surface area contributed by atoms with Crippen molar-refractivity contribution in [3.8, 4) is 22.8 Å². The number of benzene rings is 2. The number of nitrogens with zero attached hydrogens (tertiary/aromatic N) is 3. The molecule has 7 heteroatoms. The third kappa shape index (κ3) is 4.47. The molecule has 0 aliphatic rings. The van der Waals surface area contributed by atoms with E-state index in [1.54, 1.807) is 6.20 Å². The van der Waals surface area contributed by atoms with E-state index < -0.39 is 0 Å². The predicted octanol–water partition coefficient (Wildman–Crippen LogP) is 4.86. The average molecular weight is 398 g/mol. The maximum atomic E-state index is 6.03. The lowest BCUT2D eigenvalue weighted by Gasteiger charge is -2.11. The summed E-state index contributed by atoms with van der Waals surface area (Å²) in [5.74, 6) is 2.25. The fraction of sp³-hybridized carbons (Fsp3) is 0.0870. The summed E-state index contributed by atoms with van der Waals surface area (Å²) in [5.41, 5.74) is 17.0. The molecule has 0 aliphatic heterocycles. The van der Waals surface area contributed by atoms with E-state index in [0.717, 1.165) is 34.0 Å². The maximum absolute atomic E-state index is 6.03. The maximum Gasteiger partial charge on any atom is 0.222 e. The number of aryl methyl sites for hydroxylation is 2. The zero-order chi connectivity index (χ0) is 21.1. The molecule has 0 bridgehead atoms. The van der Waals surface area contributed by atoms with Crippen LogP contribution in [0.2, 0.25) is 0 Å². The van der Waals surface area contributed by atoms with Gasteiger partial charge >= 0.3 is 0 Å². The molecule has 4 aromatic rings. The van der Waals surface area contributed by atoms with Crippen LogP contribution in [-0.2, 0) is 0 Å². The van der Waals surface area contributed by atoms with Crippen LogP contribution < -0.4 is 21.5 Å². The molecule has 2 heterocycles. The van der Waals surface area contributed by atoms with Gasteiger partial charge in [-0.3, -0.25) is 4.98 Å². The molecule has 0 spiro atoms. The van der Waals surface area contributed by atoms with E-state index in [9.17, 15) is 0 Å². The molecule has 0 saturated carbocycles. The molecule has 4 rings (SSSR count). The lowest BCUT2D eigenvalue weighted by atomic mass is 10.1. The second kappa shape index (κ2) is 8.08. The molecular weight excluding hydrogens is 376 g/mol. The van der Waals surface area contributed by atoms with Crippen LogP contribution in [0.5, 0.6) is 11.5 Å². The van der Waals surface area contributed by atoms with Gasteiger partial charge in [-0.25, -0.2) is 4.98 Å². The third-order valence-electron chi connectivity index (χ3n) is 4.55. The van der Waals surface area contributed by atoms with E-state index in [2.05, 4.69) is 20.3 Å². The van der Waals surface area contributed by atoms with Crippen molar-refractivity contribution in [1.82, 2.24) is 15.0 Å². The molecule has 0 fully saturated rings. The number of anilines is 4. The molecule has 5 N–H and O–H groups in total. The topological polar surface area (TPSA) is 112 Å². The highest BCUT2D eigenvalue weighted by atomic mass is 16.5. The average Bonchev–Trinajstić information content (AvgIpc) is 2.71. The summed E-state index contributed by atoms with van der Waals surface area (Å²) in [6.45, 7) is 3.89. The Morgan fingerprint density at radius 1 is 0.833 bits per heavy atom. The molecule has 0 aliphatic carbocycles. The first-order chi connectivity index (χ1) is 14.5. The Labute approximate surface area is 174 Å². The van der Waals surface area contributed by atoms with E-state index >= 15 is 0 Å². The highest BCUT2D eigenvalue weighted by molar-refractivity contribution is 5.70. The summed E-state index contributed by atoms with van der Waals surface area (Å²) in [5, 5.41) is 3.25. The number of nitrogen functional groups attached to an aromatic ring is 2. The van der Waals surface area contributed by atoms with Gasteiger partial charge < -0.3 is 21.5 Å². The number of aromatic nitrogens is 3. The summed E-state index contributed by atoms with van der Waals surface area (Å²) < 4.78 is 5.86.